The molecule has 0 saturated heterocycles. The lowest BCUT2D eigenvalue weighted by Crippen LogP contribution is -2.45. The van der Waals surface area contributed by atoms with Crippen LogP contribution in [0.4, 0.5) is 5.95 Å². The Kier molecular flexibility index (Phi) is 5.49. The minimum Gasteiger partial charge on any atom is -0.391 e. The van der Waals surface area contributed by atoms with Crippen LogP contribution in [0, 0.1) is 0 Å². The van der Waals surface area contributed by atoms with E-state index >= 15 is 0 Å². The Morgan fingerprint density at radius 2 is 1.95 bits per heavy atom. The Morgan fingerprint density at radius 1 is 1.29 bits per heavy atom. The maximum absolute atomic E-state index is 12.2. The highest BCUT2D eigenvalue weighted by Gasteiger charge is 2.28. The fourth-order valence-electron chi connectivity index (χ4n) is 2.30. The molecule has 0 amide bonds. The average molecular weight is 314 g/mol. The monoisotopic (exact) mass is 314 g/mol. The first-order chi connectivity index (χ1) is 10.0. The summed E-state index contributed by atoms with van der Waals surface area (Å²) >= 11 is 0. The smallest absolute Gasteiger partial charge is 0.243 e. The molecular formula is C13H22N4O3S. The Morgan fingerprint density at radius 3 is 2.57 bits per heavy atom. The van der Waals surface area contributed by atoms with Gasteiger partial charge in [0.25, 0.3) is 0 Å². The van der Waals surface area contributed by atoms with Crippen LogP contribution in [0.5, 0.6) is 0 Å². The zero-order valence-corrected chi connectivity index (χ0v) is 12.9. The first-order valence-electron chi connectivity index (χ1n) is 7.29. The Bertz CT molecular complexity index is 547. The molecule has 1 aliphatic carbocycles. The second-order valence-corrected chi connectivity index (χ2v) is 6.96. The van der Waals surface area contributed by atoms with Gasteiger partial charge in [0, 0.05) is 12.6 Å². The van der Waals surface area contributed by atoms with Crippen molar-refractivity contribution >= 4 is 16.0 Å². The number of aromatic nitrogens is 2. The summed E-state index contributed by atoms with van der Waals surface area (Å²) in [6.45, 7) is 2.75. The predicted molar refractivity (Wildman–Crippen MR) is 79.4 cm³/mol. The van der Waals surface area contributed by atoms with E-state index in [1.165, 1.54) is 12.4 Å². The zero-order valence-electron chi connectivity index (χ0n) is 12.1. The first kappa shape index (κ1) is 16.1. The second-order valence-electron chi connectivity index (χ2n) is 5.25. The quantitative estimate of drug-likeness (QED) is 0.720. The van der Waals surface area contributed by atoms with Gasteiger partial charge < -0.3 is 10.4 Å². The van der Waals surface area contributed by atoms with Crippen molar-refractivity contribution in [3.8, 4) is 0 Å². The minimum absolute atomic E-state index is 0.0160. The van der Waals surface area contributed by atoms with Gasteiger partial charge in [0.2, 0.25) is 16.0 Å². The molecule has 7 nitrogen and oxygen atoms in total. The predicted octanol–water partition coefficient (Wildman–Crippen LogP) is 0.880. The number of hydrogen-bond acceptors (Lipinski definition) is 6. The first-order valence-corrected chi connectivity index (χ1v) is 8.77. The molecule has 8 heteroatoms. The molecule has 0 aliphatic heterocycles. The van der Waals surface area contributed by atoms with Crippen molar-refractivity contribution in [2.45, 2.75) is 56.1 Å². The standard InChI is InChI=1S/C13H22N4O3S/c1-2-7-14-13-15-8-10(9-16-13)21(19,20)17-11-5-3-4-6-12(11)18/h8-9,11-12,17-18H,2-7H2,1H3,(H,14,15,16). The molecule has 21 heavy (non-hydrogen) atoms. The largest absolute Gasteiger partial charge is 0.391 e. The Hall–Kier alpha value is -1.25. The van der Waals surface area contributed by atoms with Crippen LogP contribution in [-0.2, 0) is 10.0 Å². The number of nitrogens with zero attached hydrogens (tertiary/aromatic N) is 2. The van der Waals surface area contributed by atoms with E-state index in [4.69, 9.17) is 0 Å². The van der Waals surface area contributed by atoms with Crippen LogP contribution in [0.15, 0.2) is 17.3 Å². The summed E-state index contributed by atoms with van der Waals surface area (Å²) in [5, 5.41) is 12.8. The molecule has 3 N–H and O–H groups in total. The van der Waals surface area contributed by atoms with E-state index < -0.39 is 22.2 Å². The number of anilines is 1. The van der Waals surface area contributed by atoms with Crippen LogP contribution in [0.25, 0.3) is 0 Å². The SMILES string of the molecule is CCCNc1ncc(S(=O)(=O)NC2CCCCC2O)cn1. The lowest BCUT2D eigenvalue weighted by molar-refractivity contribution is 0.101. The van der Waals surface area contributed by atoms with Crippen molar-refractivity contribution in [2.24, 2.45) is 0 Å². The summed E-state index contributed by atoms with van der Waals surface area (Å²) in [5.74, 6) is 0.411. The summed E-state index contributed by atoms with van der Waals surface area (Å²) in [6, 6.07) is -0.429. The van der Waals surface area contributed by atoms with Crippen molar-refractivity contribution in [1.82, 2.24) is 14.7 Å². The number of rotatable bonds is 6. The third-order valence-corrected chi connectivity index (χ3v) is 4.95. The number of aliphatic hydroxyl groups is 1. The van der Waals surface area contributed by atoms with Crippen molar-refractivity contribution in [3.63, 3.8) is 0 Å². The van der Waals surface area contributed by atoms with Crippen molar-refractivity contribution in [2.75, 3.05) is 11.9 Å². The van der Waals surface area contributed by atoms with Gasteiger partial charge in [0.15, 0.2) is 0 Å². The van der Waals surface area contributed by atoms with Crippen LogP contribution >= 0.6 is 0 Å². The maximum Gasteiger partial charge on any atom is 0.243 e. The normalized spacial score (nSPS) is 23.0. The fraction of sp³-hybridized carbons (Fsp3) is 0.692. The van der Waals surface area contributed by atoms with Crippen molar-refractivity contribution in [1.29, 1.82) is 0 Å². The van der Waals surface area contributed by atoms with Gasteiger partial charge in [0.05, 0.1) is 18.5 Å². The van der Waals surface area contributed by atoms with E-state index in [1.54, 1.807) is 0 Å². The molecular weight excluding hydrogens is 292 g/mol. The van der Waals surface area contributed by atoms with E-state index in [0.29, 0.717) is 18.8 Å². The van der Waals surface area contributed by atoms with Gasteiger partial charge in [-0.3, -0.25) is 0 Å². The van der Waals surface area contributed by atoms with Crippen LogP contribution < -0.4 is 10.0 Å². The zero-order chi connectivity index (χ0) is 15.3. The van der Waals surface area contributed by atoms with Gasteiger partial charge in [-0.15, -0.1) is 0 Å². The van der Waals surface area contributed by atoms with Crippen molar-refractivity contribution < 1.29 is 13.5 Å². The van der Waals surface area contributed by atoms with E-state index in [2.05, 4.69) is 20.0 Å². The van der Waals surface area contributed by atoms with Gasteiger partial charge in [-0.05, 0) is 19.3 Å². The molecule has 1 aromatic heterocycles. The number of nitrogens with one attached hydrogen (secondary N) is 2. The number of aliphatic hydroxyl groups excluding tert-OH is 1. The van der Waals surface area contributed by atoms with E-state index in [9.17, 15) is 13.5 Å². The van der Waals surface area contributed by atoms with Crippen LogP contribution in [0.2, 0.25) is 0 Å². The Labute approximate surface area is 125 Å². The molecule has 0 radical (unpaired) electrons. The average Bonchev–Trinajstić information content (AvgIpc) is 2.48. The summed E-state index contributed by atoms with van der Waals surface area (Å²) in [6.07, 6.45) is 6.00. The lowest BCUT2D eigenvalue weighted by Gasteiger charge is -2.27. The van der Waals surface area contributed by atoms with Crippen LogP contribution in [-0.4, -0.2) is 42.2 Å². The van der Waals surface area contributed by atoms with Crippen LogP contribution in [0.3, 0.4) is 0 Å². The summed E-state index contributed by atoms with van der Waals surface area (Å²) in [7, 11) is -3.69. The summed E-state index contributed by atoms with van der Waals surface area (Å²) in [5.41, 5.74) is 0. The summed E-state index contributed by atoms with van der Waals surface area (Å²) in [4.78, 5) is 8.00. The maximum atomic E-state index is 12.2. The minimum atomic E-state index is -3.69. The van der Waals surface area contributed by atoms with E-state index in [0.717, 1.165) is 25.8 Å². The van der Waals surface area contributed by atoms with Gasteiger partial charge >= 0.3 is 0 Å². The molecule has 0 aromatic carbocycles. The topological polar surface area (TPSA) is 104 Å². The van der Waals surface area contributed by atoms with Gasteiger partial charge in [-0.2, -0.15) is 0 Å². The van der Waals surface area contributed by atoms with E-state index in [-0.39, 0.29) is 4.90 Å². The molecule has 0 bridgehead atoms. The molecule has 2 rings (SSSR count). The van der Waals surface area contributed by atoms with E-state index in [1.807, 2.05) is 6.92 Å². The number of hydrogen-bond donors (Lipinski definition) is 3. The molecule has 118 valence electrons. The Balaban J connectivity index is 2.04. The molecule has 1 aliphatic rings. The highest BCUT2D eigenvalue weighted by atomic mass is 32.2. The fourth-order valence-corrected chi connectivity index (χ4v) is 3.49. The molecule has 2 unspecified atom stereocenters. The van der Waals surface area contributed by atoms with Crippen LogP contribution in [0.1, 0.15) is 39.0 Å². The van der Waals surface area contributed by atoms with Gasteiger partial charge in [-0.25, -0.2) is 23.1 Å². The lowest BCUT2D eigenvalue weighted by atomic mass is 9.93. The molecule has 1 fully saturated rings. The summed E-state index contributed by atoms with van der Waals surface area (Å²) < 4.78 is 27.0. The second kappa shape index (κ2) is 7.15. The van der Waals surface area contributed by atoms with Crippen molar-refractivity contribution in [3.05, 3.63) is 12.4 Å². The molecule has 2 atom stereocenters. The molecule has 1 saturated carbocycles. The molecule has 1 aromatic rings. The highest BCUT2D eigenvalue weighted by molar-refractivity contribution is 7.89. The third-order valence-electron chi connectivity index (χ3n) is 3.51. The number of sulfonamides is 1. The third kappa shape index (κ3) is 4.36. The van der Waals surface area contributed by atoms with Gasteiger partial charge in [0.1, 0.15) is 4.90 Å². The molecule has 1 heterocycles. The highest BCUT2D eigenvalue weighted by Crippen LogP contribution is 2.20. The van der Waals surface area contributed by atoms with Gasteiger partial charge in [-0.1, -0.05) is 19.8 Å². The molecule has 0 spiro atoms.